The van der Waals surface area contributed by atoms with E-state index in [9.17, 15) is 26.4 Å². The van der Waals surface area contributed by atoms with Crippen LogP contribution in [0.5, 0.6) is 0 Å². The average Bonchev–Trinajstić information content (AvgIpc) is 2.44. The van der Waals surface area contributed by atoms with Crippen LogP contribution in [0, 0.1) is 5.82 Å². The van der Waals surface area contributed by atoms with E-state index in [1.807, 2.05) is 0 Å². The second kappa shape index (κ2) is 7.77. The van der Waals surface area contributed by atoms with E-state index in [0.717, 1.165) is 19.2 Å². The Hall–Kier alpha value is -1.36. The molecule has 0 aromatic heterocycles. The lowest BCUT2D eigenvalue weighted by atomic mass is 10.2. The molecule has 0 atom stereocenters. The Balaban J connectivity index is 0.00000441. The van der Waals surface area contributed by atoms with Crippen LogP contribution in [-0.4, -0.2) is 40.5 Å². The zero-order valence-corrected chi connectivity index (χ0v) is 12.9. The highest BCUT2D eigenvalue weighted by atomic mass is 35.5. The summed E-state index contributed by atoms with van der Waals surface area (Å²) in [5.41, 5.74) is 4.19. The molecule has 0 saturated heterocycles. The fourth-order valence-corrected chi connectivity index (χ4v) is 2.59. The van der Waals surface area contributed by atoms with E-state index < -0.39 is 51.3 Å². The van der Waals surface area contributed by atoms with Crippen LogP contribution >= 0.6 is 12.4 Å². The maximum atomic E-state index is 13.1. The first-order valence-corrected chi connectivity index (χ1v) is 7.07. The molecule has 0 aliphatic carbocycles. The lowest BCUT2D eigenvalue weighted by Crippen LogP contribution is -2.41. The Morgan fingerprint density at radius 1 is 1.41 bits per heavy atom. The molecule has 126 valence electrons. The number of esters is 1. The van der Waals surface area contributed by atoms with Crippen molar-refractivity contribution in [3.8, 4) is 0 Å². The van der Waals surface area contributed by atoms with Crippen molar-refractivity contribution in [2.45, 2.75) is 10.8 Å². The summed E-state index contributed by atoms with van der Waals surface area (Å²) in [6.45, 7) is -2.30. The average molecular weight is 363 g/mol. The fourth-order valence-electron chi connectivity index (χ4n) is 1.36. The Morgan fingerprint density at radius 3 is 2.50 bits per heavy atom. The van der Waals surface area contributed by atoms with E-state index in [0.29, 0.717) is 6.07 Å². The van der Waals surface area contributed by atoms with Gasteiger partial charge in [0, 0.05) is 0 Å². The second-order valence-electron chi connectivity index (χ2n) is 4.02. The van der Waals surface area contributed by atoms with Gasteiger partial charge in [-0.1, -0.05) is 0 Å². The van der Waals surface area contributed by atoms with Gasteiger partial charge in [0.15, 0.2) is 0 Å². The summed E-state index contributed by atoms with van der Waals surface area (Å²) < 4.78 is 68.9. The molecule has 0 radical (unpaired) electrons. The van der Waals surface area contributed by atoms with Crippen LogP contribution in [0.25, 0.3) is 0 Å². The number of benzene rings is 1. The predicted molar refractivity (Wildman–Crippen MR) is 74.2 cm³/mol. The molecular weight excluding hydrogens is 349 g/mol. The van der Waals surface area contributed by atoms with E-state index in [4.69, 9.17) is 5.73 Å². The number of carbonyl (C=O) groups is 1. The van der Waals surface area contributed by atoms with Gasteiger partial charge in [0.05, 0.1) is 30.7 Å². The van der Waals surface area contributed by atoms with Crippen LogP contribution in [-0.2, 0) is 14.8 Å². The van der Waals surface area contributed by atoms with Crippen molar-refractivity contribution in [1.82, 2.24) is 4.72 Å². The molecule has 3 N–H and O–H groups in total. The smallest absolute Gasteiger partial charge is 0.339 e. The maximum Gasteiger partial charge on any atom is 0.339 e. The highest BCUT2D eigenvalue weighted by Gasteiger charge is 2.31. The number of alkyl halides is 2. The van der Waals surface area contributed by atoms with Crippen LogP contribution in [0.15, 0.2) is 23.1 Å². The summed E-state index contributed by atoms with van der Waals surface area (Å²) in [6, 6.07) is 2.20. The number of hydrogen-bond donors (Lipinski definition) is 2. The van der Waals surface area contributed by atoms with Gasteiger partial charge in [0.25, 0.3) is 5.92 Å². The molecule has 1 rings (SSSR count). The van der Waals surface area contributed by atoms with Crippen LogP contribution in [0.4, 0.5) is 13.2 Å². The van der Waals surface area contributed by atoms with Gasteiger partial charge >= 0.3 is 5.97 Å². The van der Waals surface area contributed by atoms with Crippen LogP contribution < -0.4 is 10.5 Å². The monoisotopic (exact) mass is 362 g/mol. The van der Waals surface area contributed by atoms with Gasteiger partial charge < -0.3 is 10.5 Å². The largest absolute Gasteiger partial charge is 0.465 e. The number of hydrogen-bond acceptors (Lipinski definition) is 5. The first-order valence-electron chi connectivity index (χ1n) is 5.58. The van der Waals surface area contributed by atoms with Crippen LogP contribution in [0.2, 0.25) is 0 Å². The van der Waals surface area contributed by atoms with Gasteiger partial charge in [-0.25, -0.2) is 31.1 Å². The number of methoxy groups -OCH3 is 1. The Labute approximate surface area is 131 Å². The van der Waals surface area contributed by atoms with Crippen molar-refractivity contribution in [2.24, 2.45) is 5.73 Å². The van der Waals surface area contributed by atoms with Crippen LogP contribution in [0.1, 0.15) is 10.4 Å². The third-order valence-electron chi connectivity index (χ3n) is 2.46. The van der Waals surface area contributed by atoms with E-state index in [1.165, 1.54) is 0 Å². The van der Waals surface area contributed by atoms with E-state index in [-0.39, 0.29) is 12.4 Å². The molecule has 11 heteroatoms. The minimum absolute atomic E-state index is 0. The van der Waals surface area contributed by atoms with Gasteiger partial charge in [0.2, 0.25) is 10.0 Å². The molecule has 0 aliphatic heterocycles. The summed E-state index contributed by atoms with van der Waals surface area (Å²) in [6.07, 6.45) is 0. The minimum atomic E-state index is -4.46. The molecule has 0 bridgehead atoms. The highest BCUT2D eigenvalue weighted by Crippen LogP contribution is 2.19. The van der Waals surface area contributed by atoms with Gasteiger partial charge in [-0.05, 0) is 18.2 Å². The number of sulfonamides is 1. The molecule has 1 aromatic rings. The third kappa shape index (κ3) is 5.13. The van der Waals surface area contributed by atoms with E-state index in [1.54, 1.807) is 4.72 Å². The van der Waals surface area contributed by atoms with Gasteiger partial charge in [-0.3, -0.25) is 0 Å². The summed E-state index contributed by atoms with van der Waals surface area (Å²) >= 11 is 0. The number of nitrogens with one attached hydrogen (secondary N) is 1. The second-order valence-corrected chi connectivity index (χ2v) is 5.75. The summed E-state index contributed by atoms with van der Waals surface area (Å²) in [7, 11) is -3.49. The molecule has 22 heavy (non-hydrogen) atoms. The normalized spacial score (nSPS) is 11.7. The zero-order chi connectivity index (χ0) is 16.3. The minimum Gasteiger partial charge on any atom is -0.465 e. The molecule has 0 saturated carbocycles. The van der Waals surface area contributed by atoms with Gasteiger partial charge in [-0.15, -0.1) is 12.4 Å². The van der Waals surface area contributed by atoms with Gasteiger partial charge in [-0.2, -0.15) is 0 Å². The molecule has 0 heterocycles. The summed E-state index contributed by atoms with van der Waals surface area (Å²) in [4.78, 5) is 10.8. The lowest BCUT2D eigenvalue weighted by Gasteiger charge is -2.15. The van der Waals surface area contributed by atoms with Crippen molar-refractivity contribution in [1.29, 1.82) is 0 Å². The Bertz CT molecular complexity index is 640. The molecule has 6 nitrogen and oxygen atoms in total. The SMILES string of the molecule is COC(=O)c1cc(F)ccc1S(=O)(=O)NCC(F)(F)CN.Cl. The van der Waals surface area contributed by atoms with Gasteiger partial charge in [0.1, 0.15) is 5.82 Å². The molecule has 1 aromatic carbocycles. The van der Waals surface area contributed by atoms with Crippen molar-refractivity contribution in [2.75, 3.05) is 20.2 Å². The fraction of sp³-hybridized carbons (Fsp3) is 0.364. The first kappa shape index (κ1) is 20.6. The van der Waals surface area contributed by atoms with Crippen molar-refractivity contribution in [3.05, 3.63) is 29.6 Å². The Kier molecular flexibility index (Phi) is 7.29. The summed E-state index contributed by atoms with van der Waals surface area (Å²) in [5, 5.41) is 0. The highest BCUT2D eigenvalue weighted by molar-refractivity contribution is 7.89. The maximum absolute atomic E-state index is 13.1. The number of carbonyl (C=O) groups excluding carboxylic acids is 1. The van der Waals surface area contributed by atoms with Crippen LogP contribution in [0.3, 0.4) is 0 Å². The molecule has 0 aliphatic rings. The topological polar surface area (TPSA) is 98.5 Å². The number of ether oxygens (including phenoxy) is 1. The number of rotatable bonds is 6. The van der Waals surface area contributed by atoms with Crippen molar-refractivity contribution >= 4 is 28.4 Å². The lowest BCUT2D eigenvalue weighted by molar-refractivity contribution is 0.0170. The Morgan fingerprint density at radius 2 is 2.00 bits per heavy atom. The number of halogens is 4. The first-order chi connectivity index (χ1) is 9.63. The van der Waals surface area contributed by atoms with Crippen molar-refractivity contribution < 1.29 is 31.1 Å². The molecule has 0 fully saturated rings. The summed E-state index contributed by atoms with van der Waals surface area (Å²) in [5.74, 6) is -5.43. The van der Waals surface area contributed by atoms with Crippen molar-refractivity contribution in [3.63, 3.8) is 0 Å². The predicted octanol–water partition coefficient (Wildman–Crippen LogP) is 0.906. The standard InChI is InChI=1S/C11H13F3N2O4S.ClH/c1-20-10(17)8-4-7(12)2-3-9(8)21(18,19)16-6-11(13,14)5-15;/h2-4,16H,5-6,15H2,1H3;1H. The quantitative estimate of drug-likeness (QED) is 0.733. The zero-order valence-electron chi connectivity index (χ0n) is 11.3. The molecule has 0 amide bonds. The molecular formula is C11H14ClF3N2O4S. The number of nitrogens with two attached hydrogens (primary N) is 1. The molecule has 0 unspecified atom stereocenters. The third-order valence-corrected chi connectivity index (χ3v) is 3.92. The van der Waals surface area contributed by atoms with E-state index in [2.05, 4.69) is 4.74 Å². The van der Waals surface area contributed by atoms with E-state index >= 15 is 0 Å². The molecule has 0 spiro atoms.